The van der Waals surface area contributed by atoms with Crippen molar-refractivity contribution in [3.63, 3.8) is 0 Å². The molecule has 1 fully saturated rings. The number of nitrogens with two attached hydrogens (primary N) is 1. The highest BCUT2D eigenvalue weighted by molar-refractivity contribution is 5.72. The van der Waals surface area contributed by atoms with Crippen LogP contribution in [0, 0.1) is 0 Å². The van der Waals surface area contributed by atoms with Crippen LogP contribution in [0.25, 0.3) is 0 Å². The van der Waals surface area contributed by atoms with Crippen molar-refractivity contribution in [1.29, 1.82) is 0 Å². The molecule has 120 valence electrons. The van der Waals surface area contributed by atoms with Gasteiger partial charge in [-0.25, -0.2) is 4.79 Å². The molecule has 0 spiro atoms. The number of amides is 1. The Balaban J connectivity index is 2.10. The van der Waals surface area contributed by atoms with Gasteiger partial charge in [0.25, 0.3) is 0 Å². The van der Waals surface area contributed by atoms with Gasteiger partial charge < -0.3 is 20.6 Å². The second kappa shape index (κ2) is 4.69. The van der Waals surface area contributed by atoms with E-state index in [0.717, 1.165) is 6.07 Å². The van der Waals surface area contributed by atoms with Gasteiger partial charge in [-0.15, -0.1) is 0 Å². The highest BCUT2D eigenvalue weighted by atomic mass is 19.4. The molecular formula is C14H16F3N3O2. The van der Waals surface area contributed by atoms with Crippen LogP contribution in [0.4, 0.5) is 29.3 Å². The normalized spacial score (nSPS) is 24.2. The largest absolute Gasteiger partial charge is 0.465 e. The number of hydrogen-bond acceptors (Lipinski definition) is 3. The summed E-state index contributed by atoms with van der Waals surface area (Å²) >= 11 is 0. The van der Waals surface area contributed by atoms with Crippen molar-refractivity contribution in [2.75, 3.05) is 30.8 Å². The molecular weight excluding hydrogens is 299 g/mol. The van der Waals surface area contributed by atoms with Gasteiger partial charge in [-0.2, -0.15) is 13.2 Å². The number of hydrogen-bond donors (Lipinski definition) is 2. The number of alkyl halides is 3. The lowest BCUT2D eigenvalue weighted by molar-refractivity contribution is -0.137. The Morgan fingerprint density at radius 2 is 2.09 bits per heavy atom. The number of halogens is 3. The van der Waals surface area contributed by atoms with Gasteiger partial charge in [0, 0.05) is 37.8 Å². The lowest BCUT2D eigenvalue weighted by Gasteiger charge is -2.36. The average Bonchev–Trinajstić information content (AvgIpc) is 2.70. The number of carboxylic acid groups (broad SMARTS) is 1. The first-order chi connectivity index (χ1) is 10.2. The number of fused-ring (bicyclic) bond motifs is 3. The molecule has 0 saturated carbocycles. The molecule has 1 aromatic carbocycles. The number of likely N-dealkylation sites (N-methyl/N-ethyl adjacent to an activating group) is 1. The van der Waals surface area contributed by atoms with Gasteiger partial charge in [0.05, 0.1) is 11.3 Å². The Labute approximate surface area is 125 Å². The van der Waals surface area contributed by atoms with Gasteiger partial charge in [0.2, 0.25) is 0 Å². The van der Waals surface area contributed by atoms with Crippen LogP contribution in [0.2, 0.25) is 0 Å². The molecule has 1 aromatic rings. The van der Waals surface area contributed by atoms with E-state index >= 15 is 0 Å². The van der Waals surface area contributed by atoms with Crippen LogP contribution in [-0.2, 0) is 6.18 Å². The van der Waals surface area contributed by atoms with Crippen LogP contribution in [0.5, 0.6) is 0 Å². The van der Waals surface area contributed by atoms with Crippen molar-refractivity contribution in [3.05, 3.63) is 23.3 Å². The minimum absolute atomic E-state index is 0.0487. The highest BCUT2D eigenvalue weighted by Crippen LogP contribution is 2.50. The van der Waals surface area contributed by atoms with Crippen LogP contribution in [0.15, 0.2) is 12.1 Å². The first-order valence-electron chi connectivity index (χ1n) is 6.91. The SMILES string of the molecule is CN1c2c(cc(N)cc2C(F)(F)F)[C@@H]2CN(C(=O)O)CC[C@@H]21. The van der Waals surface area contributed by atoms with E-state index in [4.69, 9.17) is 10.8 Å². The quantitative estimate of drug-likeness (QED) is 0.722. The smallest absolute Gasteiger partial charge is 0.418 e. The van der Waals surface area contributed by atoms with Gasteiger partial charge in [-0.1, -0.05) is 0 Å². The molecule has 5 nitrogen and oxygen atoms in total. The first-order valence-corrected chi connectivity index (χ1v) is 6.91. The molecule has 2 atom stereocenters. The summed E-state index contributed by atoms with van der Waals surface area (Å²) in [5.74, 6) is -0.283. The van der Waals surface area contributed by atoms with E-state index in [-0.39, 0.29) is 29.9 Å². The highest BCUT2D eigenvalue weighted by Gasteiger charge is 2.46. The number of benzene rings is 1. The molecule has 8 heteroatoms. The summed E-state index contributed by atoms with van der Waals surface area (Å²) in [6.45, 7) is 0.518. The number of nitrogen functional groups attached to an aromatic ring is 1. The van der Waals surface area contributed by atoms with Crippen LogP contribution in [0.1, 0.15) is 23.5 Å². The van der Waals surface area contributed by atoms with E-state index in [1.54, 1.807) is 11.9 Å². The predicted molar refractivity (Wildman–Crippen MR) is 75.0 cm³/mol. The number of anilines is 2. The van der Waals surface area contributed by atoms with Crippen LogP contribution in [-0.4, -0.2) is 42.3 Å². The zero-order chi connectivity index (χ0) is 16.2. The lowest BCUT2D eigenvalue weighted by Crippen LogP contribution is -2.46. The molecule has 0 aromatic heterocycles. The molecule has 2 heterocycles. The lowest BCUT2D eigenvalue weighted by atomic mass is 9.88. The Bertz CT molecular complexity index is 632. The maximum absolute atomic E-state index is 13.3. The molecule has 2 aliphatic heterocycles. The molecule has 0 bridgehead atoms. The monoisotopic (exact) mass is 315 g/mol. The molecule has 22 heavy (non-hydrogen) atoms. The summed E-state index contributed by atoms with van der Waals surface area (Å²) in [4.78, 5) is 14.0. The number of piperidine rings is 1. The molecule has 3 rings (SSSR count). The fourth-order valence-corrected chi connectivity index (χ4v) is 3.62. The third-order valence-corrected chi connectivity index (χ3v) is 4.56. The second-order valence-corrected chi connectivity index (χ2v) is 5.81. The van der Waals surface area contributed by atoms with Crippen molar-refractivity contribution in [3.8, 4) is 0 Å². The minimum Gasteiger partial charge on any atom is -0.465 e. The summed E-state index contributed by atoms with van der Waals surface area (Å²) in [5, 5.41) is 9.12. The fourth-order valence-electron chi connectivity index (χ4n) is 3.62. The summed E-state index contributed by atoms with van der Waals surface area (Å²) < 4.78 is 39.9. The van der Waals surface area contributed by atoms with Gasteiger partial charge in [-0.3, -0.25) is 0 Å². The number of likely N-dealkylation sites (tertiary alicyclic amines) is 1. The molecule has 0 unspecified atom stereocenters. The third kappa shape index (κ3) is 2.13. The first kappa shape index (κ1) is 14.8. The Hall–Kier alpha value is -2.12. The third-order valence-electron chi connectivity index (χ3n) is 4.56. The van der Waals surface area contributed by atoms with Gasteiger partial charge in [0.1, 0.15) is 0 Å². The van der Waals surface area contributed by atoms with Crippen molar-refractivity contribution in [2.45, 2.75) is 24.6 Å². The molecule has 0 radical (unpaired) electrons. The van der Waals surface area contributed by atoms with Crippen molar-refractivity contribution >= 4 is 17.5 Å². The Morgan fingerprint density at radius 3 is 2.68 bits per heavy atom. The zero-order valence-electron chi connectivity index (χ0n) is 11.9. The standard InChI is InChI=1S/C14H16F3N3O2/c1-19-11-2-3-20(13(21)22)6-9(11)8-4-7(18)5-10(12(8)19)14(15,16)17/h4-5,9,11H,2-3,6,18H2,1H3,(H,21,22)/t9-,11-/m0/s1. The van der Waals surface area contributed by atoms with E-state index in [2.05, 4.69) is 0 Å². The predicted octanol–water partition coefficient (Wildman–Crippen LogP) is 2.57. The summed E-state index contributed by atoms with van der Waals surface area (Å²) in [6, 6.07) is 2.35. The van der Waals surface area contributed by atoms with E-state index in [1.807, 2.05) is 0 Å². The molecule has 1 amide bonds. The minimum atomic E-state index is -4.49. The Kier molecular flexibility index (Phi) is 3.15. The van der Waals surface area contributed by atoms with Crippen molar-refractivity contribution < 1.29 is 23.1 Å². The number of nitrogens with zero attached hydrogens (tertiary/aromatic N) is 2. The van der Waals surface area contributed by atoms with Gasteiger partial charge in [-0.05, 0) is 24.1 Å². The van der Waals surface area contributed by atoms with E-state index < -0.39 is 17.8 Å². The Morgan fingerprint density at radius 1 is 1.41 bits per heavy atom. The second-order valence-electron chi connectivity index (χ2n) is 5.81. The topological polar surface area (TPSA) is 69.8 Å². The molecule has 0 aliphatic carbocycles. The van der Waals surface area contributed by atoms with Crippen molar-refractivity contribution in [1.82, 2.24) is 4.90 Å². The summed E-state index contributed by atoms with van der Waals surface area (Å²) in [7, 11) is 1.63. The van der Waals surface area contributed by atoms with Crippen LogP contribution >= 0.6 is 0 Å². The van der Waals surface area contributed by atoms with E-state index in [9.17, 15) is 18.0 Å². The summed E-state index contributed by atoms with van der Waals surface area (Å²) in [6.07, 6.45) is -5.04. The van der Waals surface area contributed by atoms with Crippen LogP contribution in [0.3, 0.4) is 0 Å². The number of rotatable bonds is 0. The summed E-state index contributed by atoms with van der Waals surface area (Å²) in [5.41, 5.74) is 5.56. The van der Waals surface area contributed by atoms with Crippen LogP contribution < -0.4 is 10.6 Å². The van der Waals surface area contributed by atoms with E-state index in [0.29, 0.717) is 18.5 Å². The fraction of sp³-hybridized carbons (Fsp3) is 0.500. The van der Waals surface area contributed by atoms with Crippen molar-refractivity contribution in [2.24, 2.45) is 0 Å². The van der Waals surface area contributed by atoms with Gasteiger partial charge in [0.15, 0.2) is 0 Å². The maximum Gasteiger partial charge on any atom is 0.418 e. The average molecular weight is 315 g/mol. The molecule has 2 aliphatic rings. The maximum atomic E-state index is 13.3. The number of carbonyl (C=O) groups is 1. The molecule has 1 saturated heterocycles. The van der Waals surface area contributed by atoms with E-state index in [1.165, 1.54) is 11.0 Å². The van der Waals surface area contributed by atoms with Gasteiger partial charge >= 0.3 is 12.3 Å². The molecule has 3 N–H and O–H groups in total. The zero-order valence-corrected chi connectivity index (χ0v) is 11.9.